The maximum absolute atomic E-state index is 4.51. The number of hydrogen-bond donors (Lipinski definition) is 2. The Morgan fingerprint density at radius 2 is 1.36 bits per heavy atom. The van der Waals surface area contributed by atoms with Crippen LogP contribution in [0, 0.1) is 13.8 Å². The van der Waals surface area contributed by atoms with Crippen LogP contribution in [0.2, 0.25) is 0 Å². The van der Waals surface area contributed by atoms with Gasteiger partial charge in [-0.2, -0.15) is 0 Å². The summed E-state index contributed by atoms with van der Waals surface area (Å²) < 4.78 is 0. The number of rotatable bonds is 0. The third-order valence-corrected chi connectivity index (χ3v) is 2.46. The van der Waals surface area contributed by atoms with Crippen molar-refractivity contribution in [1.82, 2.24) is 15.0 Å². The third kappa shape index (κ3) is 0.954. The standard InChI is InChI=1S/C11H11N3/c1-6-3-8-5-9-4-7(2)13-11(9)14-10(8)12-6/h3-5H,1-2H3,(H2,12,13,14). The third-order valence-electron chi connectivity index (χ3n) is 2.46. The SMILES string of the molecule is Cc1cc2cc3cc(C)[nH]c3nc2[nH]1. The maximum atomic E-state index is 4.51. The van der Waals surface area contributed by atoms with Crippen LogP contribution in [0.3, 0.4) is 0 Å². The Morgan fingerprint density at radius 1 is 0.857 bits per heavy atom. The van der Waals surface area contributed by atoms with Gasteiger partial charge in [-0.15, -0.1) is 0 Å². The highest BCUT2D eigenvalue weighted by Crippen LogP contribution is 2.20. The minimum absolute atomic E-state index is 0.955. The normalized spacial score (nSPS) is 11.6. The molecule has 3 aromatic heterocycles. The first-order chi connectivity index (χ1) is 6.72. The van der Waals surface area contributed by atoms with E-state index in [1.807, 2.05) is 13.8 Å². The molecular formula is C11H11N3. The molecule has 14 heavy (non-hydrogen) atoms. The minimum atomic E-state index is 0.955. The molecular weight excluding hydrogens is 174 g/mol. The van der Waals surface area contributed by atoms with Gasteiger partial charge in [0.05, 0.1) is 0 Å². The molecule has 3 aromatic rings. The summed E-state index contributed by atoms with van der Waals surface area (Å²) in [5.74, 6) is 0. The molecule has 0 atom stereocenters. The molecule has 3 heterocycles. The largest absolute Gasteiger partial charge is 0.343 e. The van der Waals surface area contributed by atoms with Crippen LogP contribution in [-0.2, 0) is 0 Å². The Bertz CT molecular complexity index is 513. The highest BCUT2D eigenvalue weighted by molar-refractivity contribution is 5.90. The molecule has 0 bridgehead atoms. The van der Waals surface area contributed by atoms with Crippen LogP contribution < -0.4 is 0 Å². The van der Waals surface area contributed by atoms with Gasteiger partial charge >= 0.3 is 0 Å². The van der Waals surface area contributed by atoms with E-state index in [1.165, 1.54) is 10.8 Å². The summed E-state index contributed by atoms with van der Waals surface area (Å²) in [6.45, 7) is 4.09. The predicted molar refractivity (Wildman–Crippen MR) is 57.4 cm³/mol. The minimum Gasteiger partial charge on any atom is -0.343 e. The lowest BCUT2D eigenvalue weighted by Crippen LogP contribution is -1.78. The van der Waals surface area contributed by atoms with Crippen LogP contribution >= 0.6 is 0 Å². The molecule has 0 aromatic carbocycles. The van der Waals surface area contributed by atoms with Crippen LogP contribution in [0.4, 0.5) is 0 Å². The molecule has 0 fully saturated rings. The topological polar surface area (TPSA) is 44.5 Å². The van der Waals surface area contributed by atoms with E-state index >= 15 is 0 Å². The predicted octanol–water partition coefficient (Wildman–Crippen LogP) is 2.66. The van der Waals surface area contributed by atoms with Gasteiger partial charge in [0.15, 0.2) is 0 Å². The fourth-order valence-corrected chi connectivity index (χ4v) is 1.88. The van der Waals surface area contributed by atoms with E-state index in [2.05, 4.69) is 33.2 Å². The smallest absolute Gasteiger partial charge is 0.139 e. The summed E-state index contributed by atoms with van der Waals surface area (Å²) in [5.41, 5.74) is 4.21. The molecule has 0 saturated carbocycles. The van der Waals surface area contributed by atoms with Gasteiger partial charge < -0.3 is 9.97 Å². The van der Waals surface area contributed by atoms with Crippen molar-refractivity contribution in [2.45, 2.75) is 13.8 Å². The molecule has 3 nitrogen and oxygen atoms in total. The number of hydrogen-bond acceptors (Lipinski definition) is 1. The van der Waals surface area contributed by atoms with Crippen molar-refractivity contribution < 1.29 is 0 Å². The molecule has 2 N–H and O–H groups in total. The van der Waals surface area contributed by atoms with Gasteiger partial charge in [-0.3, -0.25) is 0 Å². The Kier molecular flexibility index (Phi) is 1.29. The van der Waals surface area contributed by atoms with Crippen molar-refractivity contribution in [3.8, 4) is 0 Å². The Balaban J connectivity index is 2.49. The average molecular weight is 185 g/mol. The van der Waals surface area contributed by atoms with E-state index < -0.39 is 0 Å². The zero-order valence-electron chi connectivity index (χ0n) is 8.18. The molecule has 0 spiro atoms. The molecule has 0 aliphatic carbocycles. The quantitative estimate of drug-likeness (QED) is 0.555. The molecule has 0 amide bonds. The lowest BCUT2D eigenvalue weighted by molar-refractivity contribution is 1.23. The van der Waals surface area contributed by atoms with Gasteiger partial charge in [0.1, 0.15) is 11.3 Å². The molecule has 0 saturated heterocycles. The number of H-pyrrole nitrogens is 2. The second-order valence-corrected chi connectivity index (χ2v) is 3.77. The molecule has 0 unspecified atom stereocenters. The number of fused-ring (bicyclic) bond motifs is 2. The number of pyridine rings is 1. The van der Waals surface area contributed by atoms with E-state index in [0.717, 1.165) is 22.7 Å². The number of aromatic nitrogens is 3. The van der Waals surface area contributed by atoms with E-state index in [-0.39, 0.29) is 0 Å². The van der Waals surface area contributed by atoms with Gasteiger partial charge in [0, 0.05) is 22.2 Å². The monoisotopic (exact) mass is 185 g/mol. The molecule has 70 valence electrons. The average Bonchev–Trinajstić information content (AvgIpc) is 2.59. The molecule has 3 heteroatoms. The van der Waals surface area contributed by atoms with Crippen molar-refractivity contribution in [3.63, 3.8) is 0 Å². The summed E-state index contributed by atoms with van der Waals surface area (Å²) in [7, 11) is 0. The highest BCUT2D eigenvalue weighted by atomic mass is 14.9. The van der Waals surface area contributed by atoms with E-state index in [4.69, 9.17) is 0 Å². The van der Waals surface area contributed by atoms with Crippen LogP contribution in [-0.4, -0.2) is 15.0 Å². The zero-order valence-corrected chi connectivity index (χ0v) is 8.18. The summed E-state index contributed by atoms with van der Waals surface area (Å²) in [5, 5.41) is 2.35. The fourth-order valence-electron chi connectivity index (χ4n) is 1.88. The second kappa shape index (κ2) is 2.38. The Hall–Kier alpha value is -1.77. The second-order valence-electron chi connectivity index (χ2n) is 3.77. The van der Waals surface area contributed by atoms with Crippen molar-refractivity contribution in [2.24, 2.45) is 0 Å². The van der Waals surface area contributed by atoms with E-state index in [0.29, 0.717) is 0 Å². The summed E-state index contributed by atoms with van der Waals surface area (Å²) in [6.07, 6.45) is 0. The number of nitrogens with one attached hydrogen (secondary N) is 2. The van der Waals surface area contributed by atoms with Crippen LogP contribution in [0.5, 0.6) is 0 Å². The van der Waals surface area contributed by atoms with E-state index in [1.54, 1.807) is 0 Å². The molecule has 3 rings (SSSR count). The van der Waals surface area contributed by atoms with Gasteiger partial charge in [0.2, 0.25) is 0 Å². The summed E-state index contributed by atoms with van der Waals surface area (Å²) in [6, 6.07) is 6.39. The number of aromatic amines is 2. The first-order valence-corrected chi connectivity index (χ1v) is 4.68. The Morgan fingerprint density at radius 3 is 1.86 bits per heavy atom. The molecule has 0 radical (unpaired) electrons. The number of aryl methyl sites for hydroxylation is 2. The van der Waals surface area contributed by atoms with Gasteiger partial charge in [-0.05, 0) is 32.0 Å². The van der Waals surface area contributed by atoms with Crippen LogP contribution in [0.15, 0.2) is 18.2 Å². The summed E-state index contributed by atoms with van der Waals surface area (Å²) >= 11 is 0. The van der Waals surface area contributed by atoms with Crippen molar-refractivity contribution in [2.75, 3.05) is 0 Å². The van der Waals surface area contributed by atoms with Crippen molar-refractivity contribution in [3.05, 3.63) is 29.6 Å². The van der Waals surface area contributed by atoms with Crippen molar-refractivity contribution >= 4 is 22.1 Å². The summed E-state index contributed by atoms with van der Waals surface area (Å²) in [4.78, 5) is 11.0. The van der Waals surface area contributed by atoms with Crippen molar-refractivity contribution in [1.29, 1.82) is 0 Å². The molecule has 0 aliphatic rings. The van der Waals surface area contributed by atoms with Gasteiger partial charge in [-0.25, -0.2) is 4.98 Å². The number of nitrogens with zero attached hydrogens (tertiary/aromatic N) is 1. The molecule has 0 aliphatic heterocycles. The lowest BCUT2D eigenvalue weighted by Gasteiger charge is -1.89. The van der Waals surface area contributed by atoms with Crippen LogP contribution in [0.25, 0.3) is 22.1 Å². The lowest BCUT2D eigenvalue weighted by atomic mass is 10.2. The Labute approximate surface area is 81.2 Å². The highest BCUT2D eigenvalue weighted by Gasteiger charge is 2.03. The van der Waals surface area contributed by atoms with Gasteiger partial charge in [-0.1, -0.05) is 0 Å². The first-order valence-electron chi connectivity index (χ1n) is 4.68. The fraction of sp³-hybridized carbons (Fsp3) is 0.182. The van der Waals surface area contributed by atoms with Gasteiger partial charge in [0.25, 0.3) is 0 Å². The maximum Gasteiger partial charge on any atom is 0.139 e. The van der Waals surface area contributed by atoms with Crippen LogP contribution in [0.1, 0.15) is 11.4 Å². The van der Waals surface area contributed by atoms with E-state index in [9.17, 15) is 0 Å². The zero-order chi connectivity index (χ0) is 9.71. The first kappa shape index (κ1) is 7.62.